The van der Waals surface area contributed by atoms with E-state index in [9.17, 15) is 5.11 Å². The first-order chi connectivity index (χ1) is 16.4. The molecule has 0 amide bonds. The second-order valence-corrected chi connectivity index (χ2v) is 17.6. The van der Waals surface area contributed by atoms with E-state index in [-0.39, 0.29) is 17.2 Å². The van der Waals surface area contributed by atoms with Gasteiger partial charge in [0.15, 0.2) is 8.32 Å². The maximum Gasteiger partial charge on any atom is 0.192 e. The van der Waals surface area contributed by atoms with Crippen LogP contribution in [0.4, 0.5) is 0 Å². The molecule has 0 unspecified atom stereocenters. The third-order valence-electron chi connectivity index (χ3n) is 6.89. The lowest BCUT2D eigenvalue weighted by molar-refractivity contribution is 0.163. The van der Waals surface area contributed by atoms with E-state index in [0.29, 0.717) is 0 Å². The smallest absolute Gasteiger partial charge is 0.192 e. The maximum atomic E-state index is 9.82. The monoisotopic (exact) mass is 626 g/mol. The average Bonchev–Trinajstić information content (AvgIpc) is 2.79. The first-order valence-electron chi connectivity index (χ1n) is 13.3. The summed E-state index contributed by atoms with van der Waals surface area (Å²) in [5.41, 5.74) is 2.34. The Morgan fingerprint density at radius 3 is 1.60 bits per heavy atom. The topological polar surface area (TPSA) is 29.5 Å². The van der Waals surface area contributed by atoms with Crippen LogP contribution in [0, 0.1) is 0 Å². The average molecular weight is 629 g/mol. The summed E-state index contributed by atoms with van der Waals surface area (Å²) >= 11 is 6.90. The Hall–Kier alpha value is -0.463. The lowest BCUT2D eigenvalue weighted by Crippen LogP contribution is -2.41. The Balaban J connectivity index is 0.000000379. The van der Waals surface area contributed by atoms with E-state index in [1.165, 1.54) is 37.7 Å². The van der Waals surface area contributed by atoms with Gasteiger partial charge in [0.25, 0.3) is 0 Å². The van der Waals surface area contributed by atoms with Crippen molar-refractivity contribution in [1.29, 1.82) is 0 Å². The molecule has 0 aliphatic carbocycles. The molecule has 0 aromatic heterocycles. The minimum Gasteiger partial charge on any atom is -0.410 e. The molecule has 0 saturated carbocycles. The van der Waals surface area contributed by atoms with Crippen LogP contribution in [0.5, 0.6) is 0 Å². The van der Waals surface area contributed by atoms with Crippen LogP contribution in [-0.4, -0.2) is 13.4 Å². The third kappa shape index (κ3) is 12.6. The molecule has 0 spiro atoms. The number of aliphatic hydroxyl groups is 1. The van der Waals surface area contributed by atoms with Gasteiger partial charge in [0.05, 0.1) is 12.2 Å². The van der Waals surface area contributed by atoms with Crippen molar-refractivity contribution < 1.29 is 9.53 Å². The van der Waals surface area contributed by atoms with Crippen LogP contribution in [0.15, 0.2) is 57.5 Å². The fourth-order valence-electron chi connectivity index (χ4n) is 3.52. The zero-order valence-electron chi connectivity index (χ0n) is 23.0. The summed E-state index contributed by atoms with van der Waals surface area (Å²) in [4.78, 5) is 0. The molecule has 35 heavy (non-hydrogen) atoms. The van der Waals surface area contributed by atoms with Crippen LogP contribution in [0.1, 0.15) is 109 Å². The van der Waals surface area contributed by atoms with Crippen molar-refractivity contribution in [3.05, 3.63) is 68.6 Å². The first-order valence-corrected chi connectivity index (χ1v) is 17.8. The van der Waals surface area contributed by atoms with Crippen LogP contribution >= 0.6 is 31.9 Å². The first kappa shape index (κ1) is 32.6. The van der Waals surface area contributed by atoms with E-state index >= 15 is 0 Å². The summed E-state index contributed by atoms with van der Waals surface area (Å²) in [6.45, 7) is 16.0. The predicted octanol–water partition coefficient (Wildman–Crippen LogP) is 11.2. The van der Waals surface area contributed by atoms with E-state index in [4.69, 9.17) is 4.43 Å². The summed E-state index contributed by atoms with van der Waals surface area (Å²) in [6.07, 6.45) is 9.24. The van der Waals surface area contributed by atoms with Gasteiger partial charge < -0.3 is 9.53 Å². The fraction of sp³-hybridized carbons (Fsp3) is 0.600. The Kier molecular flexibility index (Phi) is 15.3. The van der Waals surface area contributed by atoms with E-state index in [0.717, 1.165) is 33.8 Å². The van der Waals surface area contributed by atoms with Crippen LogP contribution in [-0.2, 0) is 4.43 Å². The minimum absolute atomic E-state index is 0.241. The highest BCUT2D eigenvalue weighted by atomic mass is 79.9. The quantitative estimate of drug-likeness (QED) is 0.187. The minimum atomic E-state index is -1.74. The Bertz CT molecular complexity index is 814. The van der Waals surface area contributed by atoms with Gasteiger partial charge in [-0.15, -0.1) is 0 Å². The number of benzene rings is 2. The van der Waals surface area contributed by atoms with E-state index in [2.05, 4.69) is 104 Å². The van der Waals surface area contributed by atoms with Gasteiger partial charge in [0.1, 0.15) is 0 Å². The van der Waals surface area contributed by atoms with Crippen molar-refractivity contribution in [2.45, 2.75) is 116 Å². The SMILES string of the molecule is CCCCC[C@@H](O)c1ccc(Br)cc1.CCCCC[C@H](O[Si](C)(C)C(C)(C)C)c1ccc(Br)cc1. The number of unbranched alkanes of at least 4 members (excludes halogenated alkanes) is 4. The molecule has 5 heteroatoms. The van der Waals surface area contributed by atoms with Gasteiger partial charge >= 0.3 is 0 Å². The molecule has 0 aliphatic heterocycles. The molecule has 198 valence electrons. The highest BCUT2D eigenvalue weighted by Crippen LogP contribution is 2.41. The van der Waals surface area contributed by atoms with Crippen LogP contribution in [0.2, 0.25) is 18.1 Å². The second kappa shape index (κ2) is 16.4. The number of halogens is 2. The number of aliphatic hydroxyl groups excluding tert-OH is 1. The molecule has 2 nitrogen and oxygen atoms in total. The molecular weight excluding hydrogens is 580 g/mol. The molecule has 2 atom stereocenters. The third-order valence-corrected chi connectivity index (χ3v) is 12.4. The molecule has 0 bridgehead atoms. The number of rotatable bonds is 12. The molecule has 2 aromatic carbocycles. The van der Waals surface area contributed by atoms with Crippen molar-refractivity contribution in [1.82, 2.24) is 0 Å². The van der Waals surface area contributed by atoms with Gasteiger partial charge in [-0.25, -0.2) is 0 Å². The fourth-order valence-corrected chi connectivity index (χ4v) is 5.37. The van der Waals surface area contributed by atoms with Crippen molar-refractivity contribution in [2.24, 2.45) is 0 Å². The van der Waals surface area contributed by atoms with Gasteiger partial charge in [0, 0.05) is 8.95 Å². The molecule has 1 N–H and O–H groups in total. The van der Waals surface area contributed by atoms with Crippen LogP contribution in [0.25, 0.3) is 0 Å². The van der Waals surface area contributed by atoms with E-state index in [1.807, 2.05) is 24.3 Å². The van der Waals surface area contributed by atoms with Gasteiger partial charge in [-0.05, 0) is 66.4 Å². The van der Waals surface area contributed by atoms with Gasteiger partial charge in [-0.3, -0.25) is 0 Å². The zero-order valence-corrected chi connectivity index (χ0v) is 27.2. The lowest BCUT2D eigenvalue weighted by atomic mass is 10.0. The van der Waals surface area contributed by atoms with Gasteiger partial charge in [-0.2, -0.15) is 0 Å². The summed E-state index contributed by atoms with van der Waals surface area (Å²) in [6, 6.07) is 16.5. The Morgan fingerprint density at radius 1 is 0.743 bits per heavy atom. The molecular formula is C30H48Br2O2Si. The highest BCUT2D eigenvalue weighted by Gasteiger charge is 2.39. The van der Waals surface area contributed by atoms with Gasteiger partial charge in [0.2, 0.25) is 0 Å². The van der Waals surface area contributed by atoms with Crippen molar-refractivity contribution in [3.8, 4) is 0 Å². The highest BCUT2D eigenvalue weighted by molar-refractivity contribution is 9.10. The van der Waals surface area contributed by atoms with Crippen LogP contribution < -0.4 is 0 Å². The Labute approximate surface area is 233 Å². The molecule has 2 rings (SSSR count). The zero-order chi connectivity index (χ0) is 26.5. The lowest BCUT2D eigenvalue weighted by Gasteiger charge is -2.39. The summed E-state index contributed by atoms with van der Waals surface area (Å²) in [5.74, 6) is 0. The number of hydrogen-bond donors (Lipinski definition) is 1. The van der Waals surface area contributed by atoms with Gasteiger partial charge in [-0.1, -0.05) is 129 Å². The molecule has 0 aliphatic rings. The molecule has 0 saturated heterocycles. The molecule has 0 heterocycles. The second-order valence-electron chi connectivity index (χ2n) is 11.0. The van der Waals surface area contributed by atoms with Crippen molar-refractivity contribution >= 4 is 40.2 Å². The standard InChI is InChI=1S/C18H31BrOSi.C12H17BrO/c1-7-8-9-10-17(15-11-13-16(19)14-12-15)20-21(5,6)18(2,3)4;1-2-3-4-5-12(14)10-6-8-11(13)9-7-10/h11-14,17H,7-10H2,1-6H3;6-9,12,14H,2-5H2,1H3/t17-;12-/m01/s1. The maximum absolute atomic E-state index is 9.82. The summed E-state index contributed by atoms with van der Waals surface area (Å²) in [7, 11) is -1.74. The van der Waals surface area contributed by atoms with Crippen molar-refractivity contribution in [2.75, 3.05) is 0 Å². The summed E-state index contributed by atoms with van der Waals surface area (Å²) in [5, 5.41) is 10.1. The van der Waals surface area contributed by atoms with Crippen LogP contribution in [0.3, 0.4) is 0 Å². The summed E-state index contributed by atoms with van der Waals surface area (Å²) < 4.78 is 8.89. The molecule has 0 fully saturated rings. The van der Waals surface area contributed by atoms with E-state index < -0.39 is 8.32 Å². The predicted molar refractivity (Wildman–Crippen MR) is 163 cm³/mol. The normalized spacial score (nSPS) is 13.7. The Morgan fingerprint density at radius 2 is 1.17 bits per heavy atom. The van der Waals surface area contributed by atoms with E-state index in [1.54, 1.807) is 0 Å². The largest absolute Gasteiger partial charge is 0.410 e. The number of hydrogen-bond acceptors (Lipinski definition) is 2. The molecule has 2 aromatic rings. The van der Waals surface area contributed by atoms with Crippen molar-refractivity contribution in [3.63, 3.8) is 0 Å². The molecule has 0 radical (unpaired) electrons.